The largest absolute Gasteiger partial charge is 0.298 e. The van der Waals surface area contributed by atoms with Crippen LogP contribution in [0.3, 0.4) is 0 Å². The normalized spacial score (nSPS) is 10.0. The Bertz CT molecular complexity index is 341. The van der Waals surface area contributed by atoms with E-state index in [2.05, 4.69) is 4.98 Å². The van der Waals surface area contributed by atoms with Gasteiger partial charge in [-0.3, -0.25) is 4.79 Å². The minimum Gasteiger partial charge on any atom is -0.298 e. The van der Waals surface area contributed by atoms with Gasteiger partial charge >= 0.3 is 0 Å². The van der Waals surface area contributed by atoms with Gasteiger partial charge in [0, 0.05) is 5.56 Å². The average molecular weight is 208 g/mol. The Balaban J connectivity index is 3.51. The lowest BCUT2D eigenvalue weighted by Gasteiger charge is -2.02. The van der Waals surface area contributed by atoms with E-state index in [1.807, 2.05) is 0 Å². The fourth-order valence-electron chi connectivity index (χ4n) is 0.760. The predicted molar refractivity (Wildman–Crippen MR) is 44.3 cm³/mol. The first-order valence-electron chi connectivity index (χ1n) is 3.04. The fraction of sp³-hybridized carbons (Fsp3) is 0.143. The topological polar surface area (TPSA) is 30.0 Å². The lowest BCUT2D eigenvalue weighted by molar-refractivity contribution is 0.112. The second kappa shape index (κ2) is 3.37. The van der Waals surface area contributed by atoms with Crippen LogP contribution in [-0.2, 0) is 0 Å². The predicted octanol–water partition coefficient (Wildman–Crippen LogP) is 2.65. The van der Waals surface area contributed by atoms with Crippen LogP contribution in [-0.4, -0.2) is 11.3 Å². The van der Waals surface area contributed by atoms with Crippen LogP contribution >= 0.6 is 23.2 Å². The van der Waals surface area contributed by atoms with Gasteiger partial charge in [0.25, 0.3) is 0 Å². The van der Waals surface area contributed by atoms with Gasteiger partial charge in [0.05, 0.1) is 5.56 Å². The van der Waals surface area contributed by atoms with Gasteiger partial charge in [-0.05, 0) is 6.92 Å². The van der Waals surface area contributed by atoms with Crippen LogP contribution in [0.15, 0.2) is 0 Å². The number of hydrogen-bond acceptors (Lipinski definition) is 2. The van der Waals surface area contributed by atoms with Crippen molar-refractivity contribution in [3.8, 4) is 0 Å². The van der Waals surface area contributed by atoms with E-state index in [1.165, 1.54) is 6.92 Å². The van der Waals surface area contributed by atoms with E-state index in [4.69, 9.17) is 23.2 Å². The van der Waals surface area contributed by atoms with E-state index in [9.17, 15) is 9.18 Å². The molecule has 0 radical (unpaired) electrons. The molecule has 0 spiro atoms. The summed E-state index contributed by atoms with van der Waals surface area (Å²) in [5.74, 6) is -0.705. The van der Waals surface area contributed by atoms with Gasteiger partial charge < -0.3 is 0 Å². The quantitative estimate of drug-likeness (QED) is 0.524. The van der Waals surface area contributed by atoms with Crippen LogP contribution in [0.2, 0.25) is 10.3 Å². The highest BCUT2D eigenvalue weighted by Gasteiger charge is 2.13. The Morgan fingerprint density at radius 1 is 1.42 bits per heavy atom. The molecule has 64 valence electrons. The third-order valence-electron chi connectivity index (χ3n) is 1.45. The maximum Gasteiger partial charge on any atom is 0.166 e. The van der Waals surface area contributed by atoms with Crippen LogP contribution in [0.25, 0.3) is 0 Å². The Labute approximate surface area is 78.3 Å². The Morgan fingerprint density at radius 2 is 2.00 bits per heavy atom. The molecule has 0 atom stereocenters. The van der Waals surface area contributed by atoms with E-state index in [0.717, 1.165) is 0 Å². The van der Waals surface area contributed by atoms with Crippen molar-refractivity contribution < 1.29 is 9.18 Å². The molecule has 0 aliphatic rings. The van der Waals surface area contributed by atoms with Gasteiger partial charge in [-0.1, -0.05) is 23.2 Å². The lowest BCUT2D eigenvalue weighted by Crippen LogP contribution is -1.97. The first-order valence-corrected chi connectivity index (χ1v) is 3.79. The molecule has 2 nitrogen and oxygen atoms in total. The van der Waals surface area contributed by atoms with E-state index in [1.54, 1.807) is 0 Å². The third kappa shape index (κ3) is 1.42. The molecule has 0 aliphatic carbocycles. The number of pyridine rings is 1. The summed E-state index contributed by atoms with van der Waals surface area (Å²) in [4.78, 5) is 13.8. The molecule has 0 aromatic carbocycles. The number of halogens is 3. The highest BCUT2D eigenvalue weighted by Crippen LogP contribution is 2.23. The zero-order chi connectivity index (χ0) is 9.30. The molecular weight excluding hydrogens is 204 g/mol. The summed E-state index contributed by atoms with van der Waals surface area (Å²) in [5, 5.41) is -0.392. The standard InChI is InChI=1S/C7H4Cl2FNO/c1-3-4(2-12)6(8)11-7(9)5(3)10/h2H,1H3. The SMILES string of the molecule is Cc1c(F)c(Cl)nc(Cl)c1C=O. The first-order chi connectivity index (χ1) is 5.57. The molecule has 0 N–H and O–H groups in total. The third-order valence-corrected chi connectivity index (χ3v) is 1.99. The monoisotopic (exact) mass is 207 g/mol. The Morgan fingerprint density at radius 3 is 2.50 bits per heavy atom. The van der Waals surface area contributed by atoms with E-state index < -0.39 is 5.82 Å². The highest BCUT2D eigenvalue weighted by atomic mass is 35.5. The summed E-state index contributed by atoms with van der Waals surface area (Å²) in [6.07, 6.45) is 0.448. The number of rotatable bonds is 1. The van der Waals surface area contributed by atoms with Crippen molar-refractivity contribution in [3.05, 3.63) is 27.3 Å². The number of carbonyl (C=O) groups excluding carboxylic acids is 1. The van der Waals surface area contributed by atoms with Gasteiger partial charge in [0.2, 0.25) is 0 Å². The van der Waals surface area contributed by atoms with E-state index in [-0.39, 0.29) is 21.4 Å². The second-order valence-corrected chi connectivity index (χ2v) is 2.88. The van der Waals surface area contributed by atoms with Gasteiger partial charge in [-0.25, -0.2) is 9.37 Å². The van der Waals surface area contributed by atoms with Crippen molar-refractivity contribution in [2.45, 2.75) is 6.92 Å². The van der Waals surface area contributed by atoms with Gasteiger partial charge in [-0.2, -0.15) is 0 Å². The molecule has 0 bridgehead atoms. The van der Waals surface area contributed by atoms with Crippen molar-refractivity contribution >= 4 is 29.5 Å². The van der Waals surface area contributed by atoms with E-state index >= 15 is 0 Å². The number of carbonyl (C=O) groups is 1. The zero-order valence-electron chi connectivity index (χ0n) is 6.07. The summed E-state index contributed by atoms with van der Waals surface area (Å²) >= 11 is 10.9. The number of hydrogen-bond donors (Lipinski definition) is 0. The molecule has 1 aromatic heterocycles. The molecule has 1 rings (SSSR count). The summed E-state index contributed by atoms with van der Waals surface area (Å²) in [7, 11) is 0. The Hall–Kier alpha value is -0.670. The molecule has 0 fully saturated rings. The number of aromatic nitrogens is 1. The van der Waals surface area contributed by atoms with Crippen molar-refractivity contribution in [1.82, 2.24) is 4.98 Å². The molecular formula is C7H4Cl2FNO. The van der Waals surface area contributed by atoms with Crippen molar-refractivity contribution in [1.29, 1.82) is 0 Å². The molecule has 0 saturated carbocycles. The summed E-state index contributed by atoms with van der Waals surface area (Å²) in [6.45, 7) is 1.42. The van der Waals surface area contributed by atoms with Crippen LogP contribution in [0.4, 0.5) is 4.39 Å². The molecule has 1 heterocycles. The molecule has 12 heavy (non-hydrogen) atoms. The summed E-state index contributed by atoms with van der Waals surface area (Å²) < 4.78 is 12.9. The van der Waals surface area contributed by atoms with Crippen molar-refractivity contribution in [2.24, 2.45) is 0 Å². The number of nitrogens with zero attached hydrogens (tertiary/aromatic N) is 1. The van der Waals surface area contributed by atoms with Crippen LogP contribution in [0.1, 0.15) is 15.9 Å². The Kier molecular flexibility index (Phi) is 2.65. The smallest absolute Gasteiger partial charge is 0.166 e. The maximum absolute atomic E-state index is 12.9. The summed E-state index contributed by atoms with van der Waals surface area (Å²) in [6, 6.07) is 0. The summed E-state index contributed by atoms with van der Waals surface area (Å²) in [5.41, 5.74) is 0.161. The molecule has 0 aliphatic heterocycles. The lowest BCUT2D eigenvalue weighted by atomic mass is 10.2. The van der Waals surface area contributed by atoms with Crippen molar-refractivity contribution in [3.63, 3.8) is 0 Å². The molecule has 1 aromatic rings. The van der Waals surface area contributed by atoms with Crippen LogP contribution < -0.4 is 0 Å². The van der Waals surface area contributed by atoms with Gasteiger partial charge in [0.15, 0.2) is 17.3 Å². The molecule has 5 heteroatoms. The molecule has 0 amide bonds. The minimum atomic E-state index is -0.705. The first kappa shape index (κ1) is 9.42. The van der Waals surface area contributed by atoms with E-state index in [0.29, 0.717) is 6.29 Å². The highest BCUT2D eigenvalue weighted by molar-refractivity contribution is 6.34. The van der Waals surface area contributed by atoms with Gasteiger partial charge in [-0.15, -0.1) is 0 Å². The van der Waals surface area contributed by atoms with Gasteiger partial charge in [0.1, 0.15) is 5.15 Å². The fourth-order valence-corrected chi connectivity index (χ4v) is 1.30. The number of aldehydes is 1. The average Bonchev–Trinajstić information content (AvgIpc) is 2.01. The maximum atomic E-state index is 12.9. The van der Waals surface area contributed by atoms with Crippen LogP contribution in [0, 0.1) is 12.7 Å². The second-order valence-electron chi connectivity index (χ2n) is 2.16. The molecule has 0 saturated heterocycles. The minimum absolute atomic E-state index is 0.0403. The molecule has 0 unspecified atom stereocenters. The van der Waals surface area contributed by atoms with Crippen LogP contribution in [0.5, 0.6) is 0 Å². The zero-order valence-corrected chi connectivity index (χ0v) is 7.58. The van der Waals surface area contributed by atoms with Crippen molar-refractivity contribution in [2.75, 3.05) is 0 Å².